The molecule has 1 aliphatic heterocycles. The summed E-state index contributed by atoms with van der Waals surface area (Å²) in [5.41, 5.74) is 10.3. The van der Waals surface area contributed by atoms with Crippen LogP contribution in [0.25, 0.3) is 42.1 Å². The first-order chi connectivity index (χ1) is 24.8. The second-order valence-electron chi connectivity index (χ2n) is 13.2. The quantitative estimate of drug-likeness (QED) is 0.188. The third kappa shape index (κ3) is 3.67. The summed E-state index contributed by atoms with van der Waals surface area (Å²) >= 11 is 1.87. The number of hydrogen-bond acceptors (Lipinski definition) is 3. The molecule has 1 aliphatic carbocycles. The summed E-state index contributed by atoms with van der Waals surface area (Å²) in [6.45, 7) is 0. The maximum absolute atomic E-state index is 6.89. The van der Waals surface area contributed by atoms with Crippen molar-refractivity contribution in [2.24, 2.45) is 0 Å². The number of thiophene rings is 1. The van der Waals surface area contributed by atoms with E-state index >= 15 is 0 Å². The van der Waals surface area contributed by atoms with Crippen LogP contribution < -0.4 is 9.64 Å². The molecule has 2 heterocycles. The maximum atomic E-state index is 6.89. The van der Waals surface area contributed by atoms with Gasteiger partial charge in [0.2, 0.25) is 0 Å². The van der Waals surface area contributed by atoms with Gasteiger partial charge in [-0.25, -0.2) is 0 Å². The fraction of sp³-hybridized carbons (Fsp3) is 0.0213. The Labute approximate surface area is 294 Å². The summed E-state index contributed by atoms with van der Waals surface area (Å²) < 4.78 is 9.47. The number of ether oxygens (including phenoxy) is 1. The van der Waals surface area contributed by atoms with Crippen LogP contribution >= 0.6 is 11.3 Å². The minimum Gasteiger partial charge on any atom is -0.456 e. The standard InChI is InChI=1S/C47H29NOS/c1-2-14-31(15-3-1)48(42-22-12-19-37-36-18-7-11-24-44(36)50-46(37)42)32-26-27-35-34-17-6-8-20-38(34)47(41(35)29-32)39-21-9-10-23-43(39)49-45-33-16-5-4-13-30(33)25-28-40(45)47/h1-29H. The lowest BCUT2D eigenvalue weighted by molar-refractivity contribution is 0.441. The first-order valence-corrected chi connectivity index (χ1v) is 17.9. The van der Waals surface area contributed by atoms with Gasteiger partial charge in [-0.15, -0.1) is 11.3 Å². The number of fused-ring (bicyclic) bond motifs is 14. The highest BCUT2D eigenvalue weighted by Gasteiger charge is 2.51. The molecule has 0 bridgehead atoms. The topological polar surface area (TPSA) is 12.5 Å². The average molecular weight is 656 g/mol. The zero-order chi connectivity index (χ0) is 32.8. The van der Waals surface area contributed by atoms with Gasteiger partial charge in [-0.05, 0) is 70.1 Å². The Hall–Kier alpha value is -6.16. The Morgan fingerprint density at radius 2 is 1.18 bits per heavy atom. The van der Waals surface area contributed by atoms with E-state index in [0.29, 0.717) is 0 Å². The van der Waals surface area contributed by atoms with E-state index in [1.54, 1.807) is 0 Å². The molecule has 3 heteroatoms. The number of anilines is 3. The second kappa shape index (κ2) is 10.4. The molecule has 1 atom stereocenters. The van der Waals surface area contributed by atoms with Gasteiger partial charge in [-0.1, -0.05) is 133 Å². The summed E-state index contributed by atoms with van der Waals surface area (Å²) in [4.78, 5) is 2.45. The molecule has 2 nitrogen and oxygen atoms in total. The highest BCUT2D eigenvalue weighted by molar-refractivity contribution is 7.26. The van der Waals surface area contributed by atoms with Gasteiger partial charge < -0.3 is 9.64 Å². The number of nitrogens with zero attached hydrogens (tertiary/aromatic N) is 1. The predicted molar refractivity (Wildman–Crippen MR) is 209 cm³/mol. The lowest BCUT2D eigenvalue weighted by atomic mass is 9.65. The van der Waals surface area contributed by atoms with Crippen molar-refractivity contribution >= 4 is 59.3 Å². The van der Waals surface area contributed by atoms with E-state index in [0.717, 1.165) is 28.3 Å². The van der Waals surface area contributed by atoms with E-state index in [1.807, 2.05) is 11.3 Å². The van der Waals surface area contributed by atoms with Crippen LogP contribution in [-0.4, -0.2) is 0 Å². The van der Waals surface area contributed by atoms with Crippen molar-refractivity contribution in [2.75, 3.05) is 4.90 Å². The molecule has 1 spiro atoms. The fourth-order valence-corrected chi connectivity index (χ4v) is 9.87. The van der Waals surface area contributed by atoms with Crippen molar-refractivity contribution in [3.63, 3.8) is 0 Å². The molecule has 0 saturated heterocycles. The summed E-state index contributed by atoms with van der Waals surface area (Å²) in [7, 11) is 0. The van der Waals surface area contributed by atoms with Gasteiger partial charge >= 0.3 is 0 Å². The van der Waals surface area contributed by atoms with Crippen molar-refractivity contribution < 1.29 is 4.74 Å². The van der Waals surface area contributed by atoms with E-state index < -0.39 is 5.41 Å². The molecule has 0 radical (unpaired) electrons. The molecule has 1 aromatic heterocycles. The van der Waals surface area contributed by atoms with Gasteiger partial charge in [-0.3, -0.25) is 0 Å². The summed E-state index contributed by atoms with van der Waals surface area (Å²) in [6, 6.07) is 64.1. The van der Waals surface area contributed by atoms with Crippen LogP contribution in [0.4, 0.5) is 17.1 Å². The molecule has 0 N–H and O–H groups in total. The summed E-state index contributed by atoms with van der Waals surface area (Å²) in [5.74, 6) is 1.84. The fourth-order valence-electron chi connectivity index (χ4n) is 8.67. The highest BCUT2D eigenvalue weighted by atomic mass is 32.1. The van der Waals surface area contributed by atoms with Crippen LogP contribution in [0.2, 0.25) is 0 Å². The Kier molecular flexibility index (Phi) is 5.78. The van der Waals surface area contributed by atoms with Gasteiger partial charge in [-0.2, -0.15) is 0 Å². The molecule has 9 aromatic rings. The first kappa shape index (κ1) is 27.8. The third-order valence-electron chi connectivity index (χ3n) is 10.7. The van der Waals surface area contributed by atoms with Gasteiger partial charge in [0.25, 0.3) is 0 Å². The van der Waals surface area contributed by atoms with Gasteiger partial charge in [0.05, 0.1) is 15.8 Å². The Bertz CT molecular complexity index is 2820. The van der Waals surface area contributed by atoms with Gasteiger partial charge in [0.15, 0.2) is 0 Å². The maximum Gasteiger partial charge on any atom is 0.140 e. The van der Waals surface area contributed by atoms with E-state index in [4.69, 9.17) is 4.74 Å². The zero-order valence-corrected chi connectivity index (χ0v) is 27.8. The Morgan fingerprint density at radius 1 is 0.460 bits per heavy atom. The summed E-state index contributed by atoms with van der Waals surface area (Å²) in [6.07, 6.45) is 0. The number of benzene rings is 8. The van der Waals surface area contributed by atoms with Crippen molar-refractivity contribution in [3.05, 3.63) is 198 Å². The lowest BCUT2D eigenvalue weighted by Gasteiger charge is -2.40. The van der Waals surface area contributed by atoms with Crippen molar-refractivity contribution in [3.8, 4) is 22.6 Å². The van der Waals surface area contributed by atoms with Gasteiger partial charge in [0.1, 0.15) is 11.5 Å². The van der Waals surface area contributed by atoms with Crippen LogP contribution in [0.1, 0.15) is 22.3 Å². The van der Waals surface area contributed by atoms with E-state index in [1.165, 1.54) is 64.6 Å². The molecule has 50 heavy (non-hydrogen) atoms. The number of rotatable bonds is 3. The molecule has 0 fully saturated rings. The first-order valence-electron chi connectivity index (χ1n) is 17.1. The monoisotopic (exact) mass is 655 g/mol. The van der Waals surface area contributed by atoms with Crippen LogP contribution in [0, 0.1) is 0 Å². The smallest absolute Gasteiger partial charge is 0.140 e. The minimum atomic E-state index is -0.567. The van der Waals surface area contributed by atoms with E-state index in [2.05, 4.69) is 181 Å². The molecule has 0 saturated carbocycles. The van der Waals surface area contributed by atoms with E-state index in [-0.39, 0.29) is 0 Å². The van der Waals surface area contributed by atoms with Gasteiger partial charge in [0, 0.05) is 43.4 Å². The molecule has 8 aromatic carbocycles. The summed E-state index contributed by atoms with van der Waals surface area (Å²) in [5, 5.41) is 4.89. The van der Waals surface area contributed by atoms with Crippen LogP contribution in [0.5, 0.6) is 11.5 Å². The zero-order valence-electron chi connectivity index (χ0n) is 27.0. The van der Waals surface area contributed by atoms with E-state index in [9.17, 15) is 0 Å². The minimum absolute atomic E-state index is 0.567. The van der Waals surface area contributed by atoms with Crippen molar-refractivity contribution in [1.29, 1.82) is 0 Å². The molecule has 234 valence electrons. The Morgan fingerprint density at radius 3 is 2.10 bits per heavy atom. The average Bonchev–Trinajstić information content (AvgIpc) is 3.70. The molecular weight excluding hydrogens is 627 g/mol. The Balaban J connectivity index is 1.24. The van der Waals surface area contributed by atoms with Crippen molar-refractivity contribution in [1.82, 2.24) is 0 Å². The molecular formula is C47H29NOS. The van der Waals surface area contributed by atoms with Crippen LogP contribution in [-0.2, 0) is 5.41 Å². The molecule has 11 rings (SSSR count). The highest BCUT2D eigenvalue weighted by Crippen LogP contribution is 2.63. The lowest BCUT2D eigenvalue weighted by Crippen LogP contribution is -2.32. The normalized spacial score (nSPS) is 15.4. The predicted octanol–water partition coefficient (Wildman–Crippen LogP) is 13.1. The number of para-hydroxylation sites is 2. The SMILES string of the molecule is c1ccc(N(c2ccc3c(c2)C2(c4ccccc4Oc4c2ccc2ccccc42)c2ccccc2-3)c2cccc3c2sc2ccccc23)cc1. The largest absolute Gasteiger partial charge is 0.456 e. The molecule has 1 unspecified atom stereocenters. The second-order valence-corrected chi connectivity index (χ2v) is 14.3. The van der Waals surface area contributed by atoms with Crippen LogP contribution in [0.3, 0.4) is 0 Å². The molecule has 0 amide bonds. The van der Waals surface area contributed by atoms with Crippen molar-refractivity contribution in [2.45, 2.75) is 5.41 Å². The third-order valence-corrected chi connectivity index (χ3v) is 11.9. The molecule has 2 aliphatic rings. The number of hydrogen-bond donors (Lipinski definition) is 0. The van der Waals surface area contributed by atoms with Crippen LogP contribution in [0.15, 0.2) is 176 Å².